The number of rotatable bonds is 3. The zero-order valence-corrected chi connectivity index (χ0v) is 10.3. The van der Waals surface area contributed by atoms with Gasteiger partial charge in [-0.1, -0.05) is 43.7 Å². The minimum Gasteiger partial charge on any atom is -0.203 e. The van der Waals surface area contributed by atoms with Gasteiger partial charge in [-0.05, 0) is 12.0 Å². The van der Waals surface area contributed by atoms with Crippen molar-refractivity contribution in [1.82, 2.24) is 0 Å². The molecule has 0 fully saturated rings. The van der Waals surface area contributed by atoms with E-state index in [1.54, 1.807) is 25.1 Å². The van der Waals surface area contributed by atoms with Crippen LogP contribution in [0.1, 0.15) is 18.9 Å². The Bertz CT molecular complexity index is 562. The van der Waals surface area contributed by atoms with E-state index in [4.69, 9.17) is 0 Å². The normalized spacial score (nSPS) is 10.8. The molecule has 0 N–H and O–H groups in total. The Balaban J connectivity index is 2.71. The van der Waals surface area contributed by atoms with Gasteiger partial charge in [0.05, 0.1) is 5.56 Å². The lowest BCUT2D eigenvalue weighted by Gasteiger charge is -2.11. The lowest BCUT2D eigenvalue weighted by molar-refractivity contribution is 0.442. The van der Waals surface area contributed by atoms with E-state index in [-0.39, 0.29) is 12.0 Å². The predicted octanol–water partition coefficient (Wildman–Crippen LogP) is 4.86. The minimum atomic E-state index is -1.34. The fourth-order valence-corrected chi connectivity index (χ4v) is 2.00. The quantitative estimate of drug-likeness (QED) is 0.550. The number of hydrogen-bond donors (Lipinski definition) is 0. The lowest BCUT2D eigenvalue weighted by Crippen LogP contribution is -2.06. The summed E-state index contributed by atoms with van der Waals surface area (Å²) in [5.74, 6) is -5.29. The maximum Gasteiger partial charge on any atom is 0.170 e. The summed E-state index contributed by atoms with van der Waals surface area (Å²) < 4.78 is 55.4. The van der Waals surface area contributed by atoms with Gasteiger partial charge in [0.1, 0.15) is 0 Å². The van der Waals surface area contributed by atoms with Crippen LogP contribution in [-0.2, 0) is 6.42 Å². The molecule has 0 saturated heterocycles. The molecule has 0 aliphatic carbocycles. The van der Waals surface area contributed by atoms with E-state index in [1.807, 2.05) is 0 Å². The third-order valence-electron chi connectivity index (χ3n) is 2.92. The zero-order chi connectivity index (χ0) is 14.0. The van der Waals surface area contributed by atoms with Crippen LogP contribution in [0.4, 0.5) is 17.6 Å². The van der Waals surface area contributed by atoms with Crippen LogP contribution in [0.5, 0.6) is 0 Å². The summed E-state index contributed by atoms with van der Waals surface area (Å²) in [6.07, 6.45) is 0.359. The fourth-order valence-electron chi connectivity index (χ4n) is 2.00. The average Bonchev–Trinajstić information content (AvgIpc) is 2.43. The van der Waals surface area contributed by atoms with Gasteiger partial charge in [-0.15, -0.1) is 0 Å². The first kappa shape index (κ1) is 13.6. The van der Waals surface area contributed by atoms with Gasteiger partial charge in [0, 0.05) is 5.56 Å². The second-order valence-corrected chi connectivity index (χ2v) is 4.23. The van der Waals surface area contributed by atoms with Crippen molar-refractivity contribution in [3.63, 3.8) is 0 Å². The Morgan fingerprint density at radius 1 is 0.789 bits per heavy atom. The molecule has 0 radical (unpaired) electrons. The molecule has 0 spiro atoms. The second kappa shape index (κ2) is 5.43. The Morgan fingerprint density at radius 3 is 1.79 bits per heavy atom. The van der Waals surface area contributed by atoms with Crippen LogP contribution in [0.15, 0.2) is 30.3 Å². The van der Waals surface area contributed by atoms with Crippen LogP contribution in [0, 0.1) is 23.3 Å². The van der Waals surface area contributed by atoms with Crippen LogP contribution in [0.25, 0.3) is 11.1 Å². The molecule has 2 aromatic carbocycles. The van der Waals surface area contributed by atoms with Gasteiger partial charge in [0.15, 0.2) is 23.3 Å². The molecule has 0 aliphatic rings. The van der Waals surface area contributed by atoms with Gasteiger partial charge in [-0.2, -0.15) is 0 Å². The average molecular weight is 268 g/mol. The molecule has 0 heterocycles. The fraction of sp³-hybridized carbons (Fsp3) is 0.200. The van der Waals surface area contributed by atoms with E-state index in [9.17, 15) is 17.6 Å². The molecule has 0 unspecified atom stereocenters. The Labute approximate surface area is 108 Å². The first-order chi connectivity index (χ1) is 9.07. The van der Waals surface area contributed by atoms with Gasteiger partial charge < -0.3 is 0 Å². The van der Waals surface area contributed by atoms with E-state index in [0.717, 1.165) is 0 Å². The molecule has 0 aliphatic heterocycles. The standard InChI is InChI=1S/C15H12F4/c1-2-6-10-12(16)14(18)11(15(19)13(10)17)9-7-4-3-5-8-9/h3-5,7-8H,2,6H2,1H3. The van der Waals surface area contributed by atoms with Crippen LogP contribution in [0.3, 0.4) is 0 Å². The van der Waals surface area contributed by atoms with E-state index >= 15 is 0 Å². The molecule has 0 nitrogen and oxygen atoms in total. The van der Waals surface area contributed by atoms with E-state index < -0.39 is 34.4 Å². The molecular formula is C15H12F4. The monoisotopic (exact) mass is 268 g/mol. The molecule has 2 rings (SSSR count). The van der Waals surface area contributed by atoms with Gasteiger partial charge in [-0.25, -0.2) is 17.6 Å². The van der Waals surface area contributed by atoms with Crippen molar-refractivity contribution in [1.29, 1.82) is 0 Å². The van der Waals surface area contributed by atoms with Crippen molar-refractivity contribution < 1.29 is 17.6 Å². The van der Waals surface area contributed by atoms with Crippen molar-refractivity contribution >= 4 is 0 Å². The van der Waals surface area contributed by atoms with Gasteiger partial charge in [0.2, 0.25) is 0 Å². The number of hydrogen-bond acceptors (Lipinski definition) is 0. The molecule has 0 amide bonds. The molecule has 0 aromatic heterocycles. The van der Waals surface area contributed by atoms with Crippen molar-refractivity contribution in [3.05, 3.63) is 59.2 Å². The zero-order valence-electron chi connectivity index (χ0n) is 10.3. The van der Waals surface area contributed by atoms with E-state index in [0.29, 0.717) is 6.42 Å². The summed E-state index contributed by atoms with van der Waals surface area (Å²) in [4.78, 5) is 0. The molecule has 0 bridgehead atoms. The summed E-state index contributed by atoms with van der Waals surface area (Å²) in [6.45, 7) is 1.68. The SMILES string of the molecule is CCCc1c(F)c(F)c(-c2ccccc2)c(F)c1F. The first-order valence-electron chi connectivity index (χ1n) is 5.98. The lowest BCUT2D eigenvalue weighted by atomic mass is 9.99. The smallest absolute Gasteiger partial charge is 0.170 e. The maximum absolute atomic E-state index is 13.9. The summed E-state index contributed by atoms with van der Waals surface area (Å²) in [5, 5.41) is 0. The van der Waals surface area contributed by atoms with Crippen LogP contribution >= 0.6 is 0 Å². The van der Waals surface area contributed by atoms with Crippen molar-refractivity contribution in [2.45, 2.75) is 19.8 Å². The second-order valence-electron chi connectivity index (χ2n) is 4.23. The Hall–Kier alpha value is -1.84. The van der Waals surface area contributed by atoms with Crippen molar-refractivity contribution in [2.24, 2.45) is 0 Å². The van der Waals surface area contributed by atoms with Crippen molar-refractivity contribution in [2.75, 3.05) is 0 Å². The molecule has 0 saturated carbocycles. The van der Waals surface area contributed by atoms with Gasteiger partial charge in [-0.3, -0.25) is 0 Å². The number of benzene rings is 2. The highest BCUT2D eigenvalue weighted by Gasteiger charge is 2.25. The number of halogens is 4. The molecular weight excluding hydrogens is 256 g/mol. The van der Waals surface area contributed by atoms with E-state index in [2.05, 4.69) is 0 Å². The van der Waals surface area contributed by atoms with Crippen LogP contribution in [0.2, 0.25) is 0 Å². The Kier molecular flexibility index (Phi) is 3.88. The first-order valence-corrected chi connectivity index (χ1v) is 5.98. The molecule has 0 atom stereocenters. The summed E-state index contributed by atoms with van der Waals surface area (Å²) >= 11 is 0. The summed E-state index contributed by atoms with van der Waals surface area (Å²) in [5.41, 5.74) is -1.08. The third kappa shape index (κ3) is 2.35. The summed E-state index contributed by atoms with van der Waals surface area (Å²) in [6, 6.07) is 7.55. The van der Waals surface area contributed by atoms with Gasteiger partial charge >= 0.3 is 0 Å². The third-order valence-corrected chi connectivity index (χ3v) is 2.92. The highest BCUT2D eigenvalue weighted by molar-refractivity contribution is 5.65. The highest BCUT2D eigenvalue weighted by atomic mass is 19.2. The predicted molar refractivity (Wildman–Crippen MR) is 65.7 cm³/mol. The van der Waals surface area contributed by atoms with Crippen LogP contribution in [-0.4, -0.2) is 0 Å². The molecule has 4 heteroatoms. The minimum absolute atomic E-state index is 0.0411. The van der Waals surface area contributed by atoms with Gasteiger partial charge in [0.25, 0.3) is 0 Å². The van der Waals surface area contributed by atoms with Crippen LogP contribution < -0.4 is 0 Å². The highest BCUT2D eigenvalue weighted by Crippen LogP contribution is 2.32. The largest absolute Gasteiger partial charge is 0.203 e. The summed E-state index contributed by atoms with van der Waals surface area (Å²) in [7, 11) is 0. The molecule has 19 heavy (non-hydrogen) atoms. The molecule has 100 valence electrons. The topological polar surface area (TPSA) is 0 Å². The maximum atomic E-state index is 13.9. The van der Waals surface area contributed by atoms with E-state index in [1.165, 1.54) is 12.1 Å². The Morgan fingerprint density at radius 2 is 1.32 bits per heavy atom. The molecule has 2 aromatic rings. The van der Waals surface area contributed by atoms with Crippen molar-refractivity contribution in [3.8, 4) is 11.1 Å².